The van der Waals surface area contributed by atoms with E-state index in [1.165, 1.54) is 0 Å². The van der Waals surface area contributed by atoms with Crippen LogP contribution in [0.1, 0.15) is 5.56 Å². The van der Waals surface area contributed by atoms with Gasteiger partial charge in [0, 0.05) is 15.9 Å². The molecule has 0 atom stereocenters. The van der Waals surface area contributed by atoms with Gasteiger partial charge in [-0.2, -0.15) is 5.26 Å². The van der Waals surface area contributed by atoms with Crippen LogP contribution < -0.4 is 0 Å². The van der Waals surface area contributed by atoms with Crippen LogP contribution in [0.4, 0.5) is 0 Å². The van der Waals surface area contributed by atoms with Gasteiger partial charge in [-0.1, -0.05) is 6.07 Å². The summed E-state index contributed by atoms with van der Waals surface area (Å²) in [6, 6.07) is 7.62. The van der Waals surface area contributed by atoms with E-state index in [1.807, 2.05) is 18.2 Å². The Kier molecular flexibility index (Phi) is 2.03. The number of rotatable bonds is 1. The van der Waals surface area contributed by atoms with Crippen molar-refractivity contribution in [1.82, 2.24) is 4.98 Å². The number of hydrogen-bond donors (Lipinski definition) is 0. The average Bonchev–Trinajstić information content (AvgIpc) is 2.44. The maximum absolute atomic E-state index is 8.49. The summed E-state index contributed by atoms with van der Waals surface area (Å²) in [5.41, 5.74) is 2.46. The molecule has 13 heavy (non-hydrogen) atoms. The van der Waals surface area contributed by atoms with E-state index in [0.717, 1.165) is 16.7 Å². The molecule has 0 spiro atoms. The molecule has 0 amide bonds. The second kappa shape index (κ2) is 3.19. The summed E-state index contributed by atoms with van der Waals surface area (Å²) in [5.74, 6) is 0. The number of hydrogen-bond acceptors (Lipinski definition) is 3. The van der Waals surface area contributed by atoms with E-state index >= 15 is 0 Å². The maximum Gasteiger partial charge on any atom is 0.265 e. The Labute approximate surface area is 83.1 Å². The first-order valence-corrected chi connectivity index (χ1v) is 4.51. The van der Waals surface area contributed by atoms with Crippen molar-refractivity contribution in [2.75, 3.05) is 0 Å². The van der Waals surface area contributed by atoms with Gasteiger partial charge in [-0.15, -0.1) is 0 Å². The van der Waals surface area contributed by atoms with Gasteiger partial charge >= 0.3 is 0 Å². The number of oxazole rings is 1. The molecule has 1 heterocycles. The van der Waals surface area contributed by atoms with E-state index in [1.54, 1.807) is 0 Å². The monoisotopic (exact) mass is 236 g/mol. The van der Waals surface area contributed by atoms with Gasteiger partial charge in [0.05, 0.1) is 12.5 Å². The summed E-state index contributed by atoms with van der Waals surface area (Å²) in [7, 11) is 0. The smallest absolute Gasteiger partial charge is 0.265 e. The molecule has 0 saturated heterocycles. The normalized spacial score (nSPS) is 10.2. The molecule has 0 saturated carbocycles. The van der Waals surface area contributed by atoms with Crippen molar-refractivity contribution in [3.8, 4) is 6.07 Å². The van der Waals surface area contributed by atoms with Gasteiger partial charge in [-0.3, -0.25) is 0 Å². The van der Waals surface area contributed by atoms with Crippen LogP contribution in [0.3, 0.4) is 0 Å². The quantitative estimate of drug-likeness (QED) is 0.765. The van der Waals surface area contributed by atoms with Crippen LogP contribution in [0.2, 0.25) is 0 Å². The van der Waals surface area contributed by atoms with Gasteiger partial charge in [0.1, 0.15) is 5.52 Å². The van der Waals surface area contributed by atoms with Gasteiger partial charge < -0.3 is 4.42 Å². The van der Waals surface area contributed by atoms with E-state index in [0.29, 0.717) is 11.2 Å². The molecule has 0 aliphatic carbocycles. The van der Waals surface area contributed by atoms with Gasteiger partial charge in [-0.25, -0.2) is 4.98 Å². The second-order valence-electron chi connectivity index (χ2n) is 2.60. The lowest BCUT2D eigenvalue weighted by molar-refractivity contribution is 0.570. The zero-order valence-electron chi connectivity index (χ0n) is 6.62. The lowest BCUT2D eigenvalue weighted by atomic mass is 10.1. The summed E-state index contributed by atoms with van der Waals surface area (Å²) in [6.45, 7) is 0. The van der Waals surface area contributed by atoms with Crippen molar-refractivity contribution in [1.29, 1.82) is 5.26 Å². The number of fused-ring (bicyclic) bond motifs is 1. The highest BCUT2D eigenvalue weighted by Gasteiger charge is 2.03. The molecule has 1 aromatic carbocycles. The molecule has 0 bridgehead atoms. The van der Waals surface area contributed by atoms with Crippen LogP contribution in [0.15, 0.2) is 27.4 Å². The Balaban J connectivity index is 2.56. The highest BCUT2D eigenvalue weighted by molar-refractivity contribution is 9.10. The third-order valence-corrected chi connectivity index (χ3v) is 2.05. The first-order chi connectivity index (χ1) is 6.29. The highest BCUT2D eigenvalue weighted by atomic mass is 79.9. The molecule has 0 aliphatic rings. The molecule has 0 radical (unpaired) electrons. The molecule has 0 fully saturated rings. The number of nitrogens with zero attached hydrogens (tertiary/aromatic N) is 2. The molecule has 4 heteroatoms. The molecule has 0 aliphatic heterocycles. The minimum atomic E-state index is 0.403. The van der Waals surface area contributed by atoms with E-state index < -0.39 is 0 Å². The van der Waals surface area contributed by atoms with Gasteiger partial charge in [0.25, 0.3) is 4.80 Å². The average molecular weight is 237 g/mol. The summed E-state index contributed by atoms with van der Waals surface area (Å²) < 4.78 is 5.22. The van der Waals surface area contributed by atoms with Crippen LogP contribution in [-0.4, -0.2) is 4.98 Å². The van der Waals surface area contributed by atoms with Crippen molar-refractivity contribution in [3.63, 3.8) is 0 Å². The standard InChI is InChI=1S/C9H5BrN2O/c10-9-12-7-5-6(3-4-11)1-2-8(7)13-9/h1-2,5H,3H2. The maximum atomic E-state index is 8.49. The SMILES string of the molecule is N#CCc1ccc2oc(Br)nc2c1. The third-order valence-electron chi connectivity index (χ3n) is 1.71. The van der Waals surface area contributed by atoms with Crippen LogP contribution in [0.5, 0.6) is 0 Å². The minimum Gasteiger partial charge on any atom is -0.431 e. The Morgan fingerprint density at radius 1 is 1.54 bits per heavy atom. The lowest BCUT2D eigenvalue weighted by Gasteiger charge is -1.91. The summed E-state index contributed by atoms with van der Waals surface area (Å²) in [5, 5.41) is 8.49. The fraction of sp³-hybridized carbons (Fsp3) is 0.111. The Morgan fingerprint density at radius 2 is 2.38 bits per heavy atom. The predicted octanol–water partition coefficient (Wildman–Crippen LogP) is 2.66. The largest absolute Gasteiger partial charge is 0.431 e. The zero-order valence-corrected chi connectivity index (χ0v) is 8.21. The van der Waals surface area contributed by atoms with Crippen LogP contribution in [0, 0.1) is 11.3 Å². The van der Waals surface area contributed by atoms with Crippen molar-refractivity contribution in [2.45, 2.75) is 6.42 Å². The molecule has 2 rings (SSSR count). The molecule has 0 unspecified atom stereocenters. The van der Waals surface area contributed by atoms with Gasteiger partial charge in [0.2, 0.25) is 0 Å². The topological polar surface area (TPSA) is 49.8 Å². The molecule has 2 aromatic rings. The first kappa shape index (κ1) is 8.27. The summed E-state index contributed by atoms with van der Waals surface area (Å²) in [4.78, 5) is 4.57. The fourth-order valence-electron chi connectivity index (χ4n) is 1.15. The van der Waals surface area contributed by atoms with Crippen molar-refractivity contribution in [3.05, 3.63) is 28.6 Å². The molecule has 3 nitrogen and oxygen atoms in total. The van der Waals surface area contributed by atoms with Crippen molar-refractivity contribution >= 4 is 27.0 Å². The minimum absolute atomic E-state index is 0.403. The number of aromatic nitrogens is 1. The third kappa shape index (κ3) is 1.56. The first-order valence-electron chi connectivity index (χ1n) is 3.71. The van der Waals surface area contributed by atoms with E-state index in [-0.39, 0.29) is 0 Å². The second-order valence-corrected chi connectivity index (χ2v) is 3.28. The Bertz CT molecular complexity index is 484. The van der Waals surface area contributed by atoms with E-state index in [4.69, 9.17) is 9.68 Å². The molecule has 64 valence electrons. The number of nitriles is 1. The molecule has 1 aromatic heterocycles. The summed E-state index contributed by atoms with van der Waals surface area (Å²) in [6.07, 6.45) is 0.403. The highest BCUT2D eigenvalue weighted by Crippen LogP contribution is 2.20. The van der Waals surface area contributed by atoms with Crippen molar-refractivity contribution in [2.24, 2.45) is 0 Å². The lowest BCUT2D eigenvalue weighted by Crippen LogP contribution is -1.79. The Morgan fingerprint density at radius 3 is 3.15 bits per heavy atom. The van der Waals surface area contributed by atoms with Crippen molar-refractivity contribution < 1.29 is 4.42 Å². The van der Waals surface area contributed by atoms with E-state index in [9.17, 15) is 0 Å². The molecular weight excluding hydrogens is 232 g/mol. The van der Waals surface area contributed by atoms with E-state index in [2.05, 4.69) is 27.0 Å². The summed E-state index contributed by atoms with van der Waals surface area (Å²) >= 11 is 3.15. The van der Waals surface area contributed by atoms with Crippen LogP contribution >= 0.6 is 15.9 Å². The number of halogens is 1. The predicted molar refractivity (Wildman–Crippen MR) is 51.0 cm³/mol. The molecular formula is C9H5BrN2O. The van der Waals surface area contributed by atoms with Crippen LogP contribution in [0.25, 0.3) is 11.1 Å². The van der Waals surface area contributed by atoms with Gasteiger partial charge in [0.15, 0.2) is 5.58 Å². The number of benzene rings is 1. The van der Waals surface area contributed by atoms with Crippen LogP contribution in [-0.2, 0) is 6.42 Å². The fourth-order valence-corrected chi connectivity index (χ4v) is 1.51. The Hall–Kier alpha value is -1.34. The molecule has 0 N–H and O–H groups in total. The van der Waals surface area contributed by atoms with Gasteiger partial charge in [-0.05, 0) is 17.7 Å². The zero-order chi connectivity index (χ0) is 9.26.